The number of amides is 4. The minimum atomic E-state index is -1.42. The van der Waals surface area contributed by atoms with Gasteiger partial charge in [-0.05, 0) is 6.42 Å². The molecule has 0 aromatic carbocycles. The van der Waals surface area contributed by atoms with Gasteiger partial charge in [0.25, 0.3) is 0 Å². The summed E-state index contributed by atoms with van der Waals surface area (Å²) in [5, 5.41) is 13.3. The van der Waals surface area contributed by atoms with Gasteiger partial charge in [-0.15, -0.1) is 0 Å². The van der Waals surface area contributed by atoms with E-state index < -0.39 is 54.1 Å². The highest BCUT2D eigenvalue weighted by Gasteiger charge is 2.29. The standard InChI is InChI=1S/C12H21N5O6S/c13-5(4-24)10(20)17-7(3-9(15)19)11(21)16-6(12(22)23)1-2-8(14)18/h5-7,24H,1-4,13H2,(H2,14,18)(H2,15,19)(H,16,21)(H,17,20)(H,22,23)/t5-,6-,7-/m0/s1. The third kappa shape index (κ3) is 8.33. The van der Waals surface area contributed by atoms with Crippen molar-refractivity contribution in [3.63, 3.8) is 0 Å². The topological polar surface area (TPSA) is 208 Å². The lowest BCUT2D eigenvalue weighted by molar-refractivity contribution is -0.142. The van der Waals surface area contributed by atoms with Crippen LogP contribution >= 0.6 is 12.6 Å². The van der Waals surface area contributed by atoms with E-state index in [1.54, 1.807) is 0 Å². The molecular weight excluding hydrogens is 342 g/mol. The first-order valence-electron chi connectivity index (χ1n) is 6.85. The SMILES string of the molecule is NC(=O)CC[C@H](NC(=O)[C@H](CC(N)=O)NC(=O)[C@@H](N)CS)C(=O)O. The van der Waals surface area contributed by atoms with Gasteiger partial charge < -0.3 is 32.9 Å². The fourth-order valence-electron chi connectivity index (χ4n) is 1.59. The molecule has 3 atom stereocenters. The van der Waals surface area contributed by atoms with E-state index in [2.05, 4.69) is 23.3 Å². The monoisotopic (exact) mass is 363 g/mol. The van der Waals surface area contributed by atoms with Gasteiger partial charge in [0, 0.05) is 12.2 Å². The van der Waals surface area contributed by atoms with Gasteiger partial charge in [0.1, 0.15) is 12.1 Å². The maximum Gasteiger partial charge on any atom is 0.326 e. The summed E-state index contributed by atoms with van der Waals surface area (Å²) in [5.41, 5.74) is 15.4. The Balaban J connectivity index is 5.00. The van der Waals surface area contributed by atoms with Crippen LogP contribution in [-0.2, 0) is 24.0 Å². The molecule has 0 spiro atoms. The Morgan fingerprint density at radius 2 is 1.50 bits per heavy atom. The van der Waals surface area contributed by atoms with Crippen LogP contribution in [0.4, 0.5) is 0 Å². The van der Waals surface area contributed by atoms with Crippen LogP contribution in [0.5, 0.6) is 0 Å². The molecule has 136 valence electrons. The number of nitrogens with two attached hydrogens (primary N) is 3. The molecule has 24 heavy (non-hydrogen) atoms. The third-order valence-electron chi connectivity index (χ3n) is 2.87. The lowest BCUT2D eigenvalue weighted by Crippen LogP contribution is -2.55. The van der Waals surface area contributed by atoms with Gasteiger partial charge in [-0.25, -0.2) is 4.79 Å². The number of carboxylic acid groups (broad SMARTS) is 1. The zero-order chi connectivity index (χ0) is 18.9. The second-order valence-electron chi connectivity index (χ2n) is 4.93. The number of carbonyl (C=O) groups is 5. The van der Waals surface area contributed by atoms with Crippen LogP contribution in [0.15, 0.2) is 0 Å². The molecule has 0 radical (unpaired) electrons. The Labute approximate surface area is 143 Å². The van der Waals surface area contributed by atoms with Crippen molar-refractivity contribution >= 4 is 42.2 Å². The smallest absolute Gasteiger partial charge is 0.326 e. The van der Waals surface area contributed by atoms with Gasteiger partial charge in [-0.3, -0.25) is 19.2 Å². The molecule has 0 saturated carbocycles. The summed E-state index contributed by atoms with van der Waals surface area (Å²) < 4.78 is 0. The minimum absolute atomic E-state index is 0.00684. The normalized spacial score (nSPS) is 14.1. The van der Waals surface area contributed by atoms with E-state index in [1.165, 1.54) is 0 Å². The quantitative estimate of drug-likeness (QED) is 0.183. The second-order valence-corrected chi connectivity index (χ2v) is 5.29. The van der Waals surface area contributed by atoms with Crippen LogP contribution in [-0.4, -0.2) is 58.6 Å². The maximum atomic E-state index is 12.1. The summed E-state index contributed by atoms with van der Waals surface area (Å²) >= 11 is 3.83. The second kappa shape index (κ2) is 10.4. The highest BCUT2D eigenvalue weighted by atomic mass is 32.1. The molecule has 0 aliphatic carbocycles. The Morgan fingerprint density at radius 3 is 1.92 bits per heavy atom. The fraction of sp³-hybridized carbons (Fsp3) is 0.583. The van der Waals surface area contributed by atoms with Crippen molar-refractivity contribution in [2.75, 3.05) is 5.75 Å². The van der Waals surface area contributed by atoms with Gasteiger partial charge in [-0.2, -0.15) is 12.6 Å². The highest BCUT2D eigenvalue weighted by Crippen LogP contribution is 2.01. The van der Waals surface area contributed by atoms with Gasteiger partial charge >= 0.3 is 5.97 Å². The van der Waals surface area contributed by atoms with Crippen molar-refractivity contribution in [3.8, 4) is 0 Å². The third-order valence-corrected chi connectivity index (χ3v) is 3.26. The molecule has 0 aliphatic rings. The highest BCUT2D eigenvalue weighted by molar-refractivity contribution is 7.80. The number of aliphatic carboxylic acids is 1. The predicted molar refractivity (Wildman–Crippen MR) is 85.6 cm³/mol. The number of primary amides is 2. The number of hydrogen-bond acceptors (Lipinski definition) is 7. The van der Waals surface area contributed by atoms with Crippen molar-refractivity contribution in [1.82, 2.24) is 10.6 Å². The molecule has 12 heteroatoms. The maximum absolute atomic E-state index is 12.1. The molecule has 0 aromatic heterocycles. The van der Waals surface area contributed by atoms with E-state index >= 15 is 0 Å². The number of carbonyl (C=O) groups excluding carboxylic acids is 4. The first-order chi connectivity index (χ1) is 11.1. The van der Waals surface area contributed by atoms with Gasteiger partial charge in [0.05, 0.1) is 12.5 Å². The molecule has 0 aromatic rings. The minimum Gasteiger partial charge on any atom is -0.480 e. The van der Waals surface area contributed by atoms with Crippen LogP contribution in [0.1, 0.15) is 19.3 Å². The fourth-order valence-corrected chi connectivity index (χ4v) is 1.75. The Bertz CT molecular complexity index is 514. The molecule has 9 N–H and O–H groups in total. The van der Waals surface area contributed by atoms with Crippen LogP contribution in [0, 0.1) is 0 Å². The average molecular weight is 363 g/mol. The summed E-state index contributed by atoms with van der Waals surface area (Å²) in [5.74, 6) is -4.75. The van der Waals surface area contributed by atoms with Gasteiger partial charge in [0.15, 0.2) is 0 Å². The van der Waals surface area contributed by atoms with Crippen LogP contribution < -0.4 is 27.8 Å². The van der Waals surface area contributed by atoms with E-state index in [0.717, 1.165) is 0 Å². The van der Waals surface area contributed by atoms with E-state index in [1.807, 2.05) is 0 Å². The molecule has 0 rings (SSSR count). The molecule has 0 heterocycles. The van der Waals surface area contributed by atoms with Gasteiger partial charge in [-0.1, -0.05) is 0 Å². The average Bonchev–Trinajstić information content (AvgIpc) is 2.48. The van der Waals surface area contributed by atoms with Crippen molar-refractivity contribution in [2.45, 2.75) is 37.4 Å². The summed E-state index contributed by atoms with van der Waals surface area (Å²) in [4.78, 5) is 56.7. The molecule has 11 nitrogen and oxygen atoms in total. The van der Waals surface area contributed by atoms with Crippen molar-refractivity contribution in [2.24, 2.45) is 17.2 Å². The molecule has 0 aliphatic heterocycles. The summed E-state index contributed by atoms with van der Waals surface area (Å²) in [6.07, 6.45) is -1.07. The Hall–Kier alpha value is -2.34. The molecule has 4 amide bonds. The number of hydrogen-bond donors (Lipinski definition) is 7. The van der Waals surface area contributed by atoms with Crippen molar-refractivity contribution in [1.29, 1.82) is 0 Å². The van der Waals surface area contributed by atoms with Crippen LogP contribution in [0.3, 0.4) is 0 Å². The largest absolute Gasteiger partial charge is 0.480 e. The molecular formula is C12H21N5O6S. The van der Waals surface area contributed by atoms with E-state index in [4.69, 9.17) is 22.3 Å². The van der Waals surface area contributed by atoms with E-state index in [0.29, 0.717) is 0 Å². The van der Waals surface area contributed by atoms with Crippen LogP contribution in [0.25, 0.3) is 0 Å². The van der Waals surface area contributed by atoms with Crippen molar-refractivity contribution in [3.05, 3.63) is 0 Å². The Morgan fingerprint density at radius 1 is 0.958 bits per heavy atom. The van der Waals surface area contributed by atoms with E-state index in [-0.39, 0.29) is 18.6 Å². The predicted octanol–water partition coefficient (Wildman–Crippen LogP) is -3.56. The lowest BCUT2D eigenvalue weighted by atomic mass is 10.1. The number of thiol groups is 1. The van der Waals surface area contributed by atoms with E-state index in [9.17, 15) is 24.0 Å². The zero-order valence-electron chi connectivity index (χ0n) is 12.7. The summed E-state index contributed by atoms with van der Waals surface area (Å²) in [7, 11) is 0. The van der Waals surface area contributed by atoms with Gasteiger partial charge in [0.2, 0.25) is 23.6 Å². The zero-order valence-corrected chi connectivity index (χ0v) is 13.6. The van der Waals surface area contributed by atoms with Crippen LogP contribution in [0.2, 0.25) is 0 Å². The molecule has 0 fully saturated rings. The number of carboxylic acids is 1. The Kier molecular flexibility index (Phi) is 9.42. The lowest BCUT2D eigenvalue weighted by Gasteiger charge is -2.21. The summed E-state index contributed by atoms with van der Waals surface area (Å²) in [6.45, 7) is 0. The molecule has 0 unspecified atom stereocenters. The summed E-state index contributed by atoms with van der Waals surface area (Å²) in [6, 6.07) is -3.85. The van der Waals surface area contributed by atoms with Crippen molar-refractivity contribution < 1.29 is 29.1 Å². The number of rotatable bonds is 11. The first-order valence-corrected chi connectivity index (χ1v) is 7.48. The molecule has 0 saturated heterocycles. The molecule has 0 bridgehead atoms. The number of nitrogens with one attached hydrogen (secondary N) is 2. The first kappa shape index (κ1) is 21.7.